The van der Waals surface area contributed by atoms with Gasteiger partial charge in [0.1, 0.15) is 5.75 Å². The summed E-state index contributed by atoms with van der Waals surface area (Å²) >= 11 is 1.78. The minimum absolute atomic E-state index is 0.246. The Bertz CT molecular complexity index is 527. The quantitative estimate of drug-likeness (QED) is 0.763. The highest BCUT2D eigenvalue weighted by Crippen LogP contribution is 2.18. The first-order chi connectivity index (χ1) is 9.69. The highest BCUT2D eigenvalue weighted by atomic mass is 32.2. The van der Waals surface area contributed by atoms with Crippen LogP contribution in [-0.2, 0) is 12.2 Å². The fourth-order valence-electron chi connectivity index (χ4n) is 1.76. The molecule has 0 fully saturated rings. The lowest BCUT2D eigenvalue weighted by Crippen LogP contribution is -2.13. The molecule has 2 rings (SSSR count). The van der Waals surface area contributed by atoms with E-state index in [-0.39, 0.29) is 11.8 Å². The van der Waals surface area contributed by atoms with Gasteiger partial charge in [0.15, 0.2) is 5.82 Å². The smallest absolute Gasteiger partial charge is 0.243 e. The summed E-state index contributed by atoms with van der Waals surface area (Å²) in [5.41, 5.74) is 7.09. The summed E-state index contributed by atoms with van der Waals surface area (Å²) in [7, 11) is 0. The number of hydrogen-bond donors (Lipinski definition) is 2. The molecular formula is C14H19N3O2S. The lowest BCUT2D eigenvalue weighted by Gasteiger charge is -2.06. The first-order valence-electron chi connectivity index (χ1n) is 6.62. The second kappa shape index (κ2) is 7.31. The van der Waals surface area contributed by atoms with E-state index >= 15 is 0 Å². The highest BCUT2D eigenvalue weighted by Gasteiger charge is 2.15. The minimum Gasteiger partial charge on any atom is -0.508 e. The van der Waals surface area contributed by atoms with Crippen LogP contribution in [0.1, 0.15) is 36.7 Å². The van der Waals surface area contributed by atoms with Crippen molar-refractivity contribution in [3.05, 3.63) is 41.5 Å². The van der Waals surface area contributed by atoms with Crippen LogP contribution in [0.15, 0.2) is 28.8 Å². The number of nitrogens with two attached hydrogens (primary N) is 1. The molecule has 3 N–H and O–H groups in total. The zero-order chi connectivity index (χ0) is 14.4. The molecule has 108 valence electrons. The Kier molecular flexibility index (Phi) is 5.43. The van der Waals surface area contributed by atoms with Crippen LogP contribution in [0, 0.1) is 0 Å². The molecule has 0 unspecified atom stereocenters. The molecule has 0 radical (unpaired) electrons. The summed E-state index contributed by atoms with van der Waals surface area (Å²) in [5.74, 6) is 3.24. The van der Waals surface area contributed by atoms with E-state index in [1.165, 1.54) is 0 Å². The molecule has 0 aliphatic carbocycles. The highest BCUT2D eigenvalue weighted by molar-refractivity contribution is 7.98. The Hall–Kier alpha value is -1.53. The fraction of sp³-hybridized carbons (Fsp3) is 0.429. The fourth-order valence-corrected chi connectivity index (χ4v) is 2.49. The first kappa shape index (κ1) is 14.9. The van der Waals surface area contributed by atoms with Crippen LogP contribution in [-0.4, -0.2) is 21.0 Å². The Morgan fingerprint density at radius 1 is 1.35 bits per heavy atom. The van der Waals surface area contributed by atoms with Crippen molar-refractivity contribution >= 4 is 11.8 Å². The van der Waals surface area contributed by atoms with Gasteiger partial charge in [0.05, 0.1) is 11.8 Å². The maximum atomic E-state index is 9.24. The third kappa shape index (κ3) is 4.25. The van der Waals surface area contributed by atoms with Crippen molar-refractivity contribution in [1.29, 1.82) is 0 Å². The Balaban J connectivity index is 1.91. The molecule has 0 aliphatic heterocycles. The molecule has 1 aromatic heterocycles. The number of nitrogens with zero attached hydrogens (tertiary/aromatic N) is 2. The van der Waals surface area contributed by atoms with Gasteiger partial charge in [-0.15, -0.1) is 0 Å². The topological polar surface area (TPSA) is 85.2 Å². The van der Waals surface area contributed by atoms with Crippen LogP contribution in [0.25, 0.3) is 0 Å². The van der Waals surface area contributed by atoms with Crippen LogP contribution in [0.3, 0.4) is 0 Å². The van der Waals surface area contributed by atoms with E-state index in [0.717, 1.165) is 23.5 Å². The molecule has 0 saturated heterocycles. The number of thioether (sulfide) groups is 1. The van der Waals surface area contributed by atoms with E-state index in [9.17, 15) is 5.11 Å². The van der Waals surface area contributed by atoms with Gasteiger partial charge in [-0.1, -0.05) is 24.2 Å². The average Bonchev–Trinajstić information content (AvgIpc) is 2.91. The second-order valence-electron chi connectivity index (χ2n) is 4.58. The van der Waals surface area contributed by atoms with E-state index < -0.39 is 0 Å². The molecule has 20 heavy (non-hydrogen) atoms. The summed E-state index contributed by atoms with van der Waals surface area (Å²) in [6.45, 7) is 2.14. The largest absolute Gasteiger partial charge is 0.508 e. The van der Waals surface area contributed by atoms with Crippen molar-refractivity contribution in [3.8, 4) is 5.75 Å². The molecule has 1 atom stereocenters. The number of benzene rings is 1. The molecule has 2 aromatic rings. The Morgan fingerprint density at radius 3 is 2.80 bits per heavy atom. The molecule has 0 spiro atoms. The Morgan fingerprint density at radius 2 is 2.10 bits per heavy atom. The van der Waals surface area contributed by atoms with Crippen molar-refractivity contribution in [1.82, 2.24) is 10.1 Å². The van der Waals surface area contributed by atoms with Gasteiger partial charge in [0.2, 0.25) is 5.89 Å². The van der Waals surface area contributed by atoms with Crippen molar-refractivity contribution < 1.29 is 9.63 Å². The van der Waals surface area contributed by atoms with E-state index in [0.29, 0.717) is 18.1 Å². The first-order valence-corrected chi connectivity index (χ1v) is 7.78. The molecule has 5 nitrogen and oxygen atoms in total. The van der Waals surface area contributed by atoms with Gasteiger partial charge < -0.3 is 15.4 Å². The van der Waals surface area contributed by atoms with E-state index in [2.05, 4.69) is 17.1 Å². The van der Waals surface area contributed by atoms with Crippen molar-refractivity contribution in [2.45, 2.75) is 31.6 Å². The standard InChI is InChI=1S/C14H19N3O2S/c1-2-7-20-9-13-16-14(19-17-13)12(15)8-10-3-5-11(18)6-4-10/h3-6,12,18H,2,7-9,15H2,1H3/t12-/m1/s1. The van der Waals surface area contributed by atoms with Gasteiger partial charge >= 0.3 is 0 Å². The zero-order valence-electron chi connectivity index (χ0n) is 11.5. The third-order valence-electron chi connectivity index (χ3n) is 2.77. The summed E-state index contributed by atoms with van der Waals surface area (Å²) in [6.07, 6.45) is 1.74. The molecule has 0 saturated carbocycles. The number of rotatable bonds is 7. The third-order valence-corrected chi connectivity index (χ3v) is 3.93. The van der Waals surface area contributed by atoms with Gasteiger partial charge in [0, 0.05) is 0 Å². The molecular weight excluding hydrogens is 274 g/mol. The van der Waals surface area contributed by atoms with Gasteiger partial charge in [-0.3, -0.25) is 0 Å². The zero-order valence-corrected chi connectivity index (χ0v) is 12.3. The molecule has 6 heteroatoms. The van der Waals surface area contributed by atoms with E-state index in [1.807, 2.05) is 12.1 Å². The average molecular weight is 293 g/mol. The van der Waals surface area contributed by atoms with E-state index in [4.69, 9.17) is 10.3 Å². The van der Waals surface area contributed by atoms with E-state index in [1.54, 1.807) is 23.9 Å². The van der Waals surface area contributed by atoms with Gasteiger partial charge in [-0.05, 0) is 36.3 Å². The minimum atomic E-state index is -0.322. The van der Waals surface area contributed by atoms with Crippen LogP contribution >= 0.6 is 11.8 Å². The number of aromatic nitrogens is 2. The molecule has 1 aromatic carbocycles. The van der Waals surface area contributed by atoms with Crippen LogP contribution < -0.4 is 5.73 Å². The lowest BCUT2D eigenvalue weighted by molar-refractivity contribution is 0.351. The van der Waals surface area contributed by atoms with Crippen molar-refractivity contribution in [3.63, 3.8) is 0 Å². The normalized spacial score (nSPS) is 12.5. The second-order valence-corrected chi connectivity index (χ2v) is 5.68. The number of aromatic hydroxyl groups is 1. The number of phenols is 1. The van der Waals surface area contributed by atoms with Crippen molar-refractivity contribution in [2.75, 3.05) is 5.75 Å². The maximum Gasteiger partial charge on any atom is 0.243 e. The summed E-state index contributed by atoms with van der Waals surface area (Å²) in [5, 5.41) is 13.2. The van der Waals surface area contributed by atoms with Crippen molar-refractivity contribution in [2.24, 2.45) is 5.73 Å². The molecule has 0 aliphatic rings. The summed E-state index contributed by atoms with van der Waals surface area (Å²) in [6, 6.07) is 6.63. The predicted octanol–water partition coefficient (Wildman–Crippen LogP) is 2.66. The predicted molar refractivity (Wildman–Crippen MR) is 79.5 cm³/mol. The monoisotopic (exact) mass is 293 g/mol. The molecule has 0 bridgehead atoms. The molecule has 0 amide bonds. The summed E-state index contributed by atoms with van der Waals surface area (Å²) < 4.78 is 5.20. The molecule has 1 heterocycles. The van der Waals surface area contributed by atoms with Gasteiger partial charge in [-0.2, -0.15) is 16.7 Å². The van der Waals surface area contributed by atoms with Gasteiger partial charge in [-0.25, -0.2) is 0 Å². The SMILES string of the molecule is CCCSCc1noc([C@H](N)Cc2ccc(O)cc2)n1. The van der Waals surface area contributed by atoms with Crippen LogP contribution in [0.2, 0.25) is 0 Å². The van der Waals surface area contributed by atoms with Crippen LogP contribution in [0.5, 0.6) is 5.75 Å². The Labute approximate surface area is 122 Å². The van der Waals surface area contributed by atoms with Crippen LogP contribution in [0.4, 0.5) is 0 Å². The maximum absolute atomic E-state index is 9.24. The summed E-state index contributed by atoms with van der Waals surface area (Å²) in [4.78, 5) is 4.32. The van der Waals surface area contributed by atoms with Gasteiger partial charge in [0.25, 0.3) is 0 Å². The number of phenolic OH excluding ortho intramolecular Hbond substituents is 1. The lowest BCUT2D eigenvalue weighted by atomic mass is 10.1. The number of hydrogen-bond acceptors (Lipinski definition) is 6.